The third-order valence-corrected chi connectivity index (χ3v) is 9.23. The number of benzene rings is 2. The smallest absolute Gasteiger partial charge is 0.193 e. The molecule has 0 saturated carbocycles. The van der Waals surface area contributed by atoms with Crippen molar-refractivity contribution in [1.82, 2.24) is 0 Å². The average Bonchev–Trinajstić information content (AvgIpc) is 3.51. The van der Waals surface area contributed by atoms with Crippen molar-refractivity contribution in [2.24, 2.45) is 0 Å². The van der Waals surface area contributed by atoms with Crippen LogP contribution < -0.4 is 0 Å². The minimum absolute atomic E-state index is 0.146. The summed E-state index contributed by atoms with van der Waals surface area (Å²) >= 11 is 9.82. The van der Waals surface area contributed by atoms with Gasteiger partial charge in [0.05, 0.1) is 4.34 Å². The van der Waals surface area contributed by atoms with Crippen LogP contribution in [0.3, 0.4) is 0 Å². The lowest BCUT2D eigenvalue weighted by molar-refractivity contribution is 0.103. The van der Waals surface area contributed by atoms with Gasteiger partial charge in [0, 0.05) is 25.8 Å². The first-order chi connectivity index (χ1) is 16.0. The van der Waals surface area contributed by atoms with Crippen molar-refractivity contribution in [3.8, 4) is 10.4 Å². The summed E-state index contributed by atoms with van der Waals surface area (Å²) in [5.74, 6) is 0.146. The van der Waals surface area contributed by atoms with Crippen molar-refractivity contribution < 1.29 is 4.79 Å². The molecule has 33 heavy (non-hydrogen) atoms. The molecule has 2 aliphatic carbocycles. The molecule has 0 fully saturated rings. The molecule has 0 atom stereocenters. The molecule has 2 heterocycles. The highest BCUT2D eigenvalue weighted by Crippen LogP contribution is 2.47. The highest BCUT2D eigenvalue weighted by atomic mass is 35.5. The van der Waals surface area contributed by atoms with Crippen LogP contribution in [0.2, 0.25) is 4.34 Å². The second-order valence-electron chi connectivity index (χ2n) is 8.95. The number of rotatable bonds is 3. The van der Waals surface area contributed by atoms with E-state index in [4.69, 9.17) is 11.6 Å². The normalized spacial score (nSPS) is 15.2. The highest BCUT2D eigenvalue weighted by Gasteiger charge is 2.25. The van der Waals surface area contributed by atoms with E-state index in [1.165, 1.54) is 43.3 Å². The van der Waals surface area contributed by atoms with Crippen molar-refractivity contribution in [2.75, 3.05) is 0 Å². The molecule has 0 radical (unpaired) electrons. The number of hydrogen-bond acceptors (Lipinski definition) is 3. The monoisotopic (exact) mass is 486 g/mol. The van der Waals surface area contributed by atoms with Crippen LogP contribution in [0.15, 0.2) is 54.6 Å². The predicted octanol–water partition coefficient (Wildman–Crippen LogP) is 8.98. The molecule has 1 nitrogen and oxygen atoms in total. The van der Waals surface area contributed by atoms with E-state index in [9.17, 15) is 4.79 Å². The number of hydrogen-bond donors (Lipinski definition) is 0. The SMILES string of the molecule is Cc1sc(Cl)cc1C1=C(c2cc(-c3ccc4c(c3)C(=O)c3ccccc3C4)sc2C)CCC1. The van der Waals surface area contributed by atoms with Gasteiger partial charge < -0.3 is 0 Å². The van der Waals surface area contributed by atoms with Gasteiger partial charge in [-0.1, -0.05) is 48.0 Å². The van der Waals surface area contributed by atoms with Gasteiger partial charge in [0.1, 0.15) is 0 Å². The topological polar surface area (TPSA) is 17.1 Å². The molecule has 4 heteroatoms. The van der Waals surface area contributed by atoms with Gasteiger partial charge in [-0.05, 0) is 96.7 Å². The standard InChI is InChI=1S/C29H23ClOS2/c1-16-24(22-8-5-9-23(22)25-15-28(30)33-17(25)2)14-27(32-16)20-11-10-19-12-18-6-3-4-7-21(18)29(31)26(19)13-20/h3-4,6-7,10-11,13-15H,5,8-9,12H2,1-2H3. The summed E-state index contributed by atoms with van der Waals surface area (Å²) in [6.45, 7) is 4.39. The number of fused-ring (bicyclic) bond motifs is 2. The second-order valence-corrected chi connectivity index (χ2v) is 12.1. The Morgan fingerprint density at radius 1 is 0.758 bits per heavy atom. The quantitative estimate of drug-likeness (QED) is 0.248. The summed E-state index contributed by atoms with van der Waals surface area (Å²) < 4.78 is 0.865. The van der Waals surface area contributed by atoms with Crippen molar-refractivity contribution in [1.29, 1.82) is 0 Å². The van der Waals surface area contributed by atoms with Gasteiger partial charge >= 0.3 is 0 Å². The molecule has 0 amide bonds. The van der Waals surface area contributed by atoms with Crippen LogP contribution >= 0.6 is 34.3 Å². The Bertz CT molecular complexity index is 1470. The number of carbonyl (C=O) groups excluding carboxylic acids is 1. The van der Waals surface area contributed by atoms with E-state index in [0.29, 0.717) is 0 Å². The average molecular weight is 487 g/mol. The zero-order valence-electron chi connectivity index (χ0n) is 18.6. The molecule has 0 spiro atoms. The number of allylic oxidation sites excluding steroid dienone is 2. The van der Waals surface area contributed by atoms with Crippen molar-refractivity contribution >= 4 is 51.2 Å². The van der Waals surface area contributed by atoms with Crippen molar-refractivity contribution in [3.05, 3.63) is 102 Å². The lowest BCUT2D eigenvalue weighted by atomic mass is 9.84. The summed E-state index contributed by atoms with van der Waals surface area (Å²) in [5, 5.41) is 0. The number of halogens is 1. The maximum atomic E-state index is 13.2. The molecule has 2 aromatic carbocycles. The van der Waals surface area contributed by atoms with Gasteiger partial charge in [0.2, 0.25) is 0 Å². The summed E-state index contributed by atoms with van der Waals surface area (Å²) in [7, 11) is 0. The van der Waals surface area contributed by atoms with Crippen LogP contribution in [0.25, 0.3) is 21.6 Å². The predicted molar refractivity (Wildman–Crippen MR) is 142 cm³/mol. The molecule has 0 saturated heterocycles. The number of aryl methyl sites for hydroxylation is 2. The Labute approximate surface area is 207 Å². The molecule has 6 rings (SSSR count). The number of carbonyl (C=O) groups is 1. The summed E-state index contributed by atoms with van der Waals surface area (Å²) in [6.07, 6.45) is 4.24. The van der Waals surface area contributed by atoms with Crippen molar-refractivity contribution in [3.63, 3.8) is 0 Å². The first kappa shape index (κ1) is 21.1. The summed E-state index contributed by atoms with van der Waals surface area (Å²) in [4.78, 5) is 17.1. The minimum Gasteiger partial charge on any atom is -0.289 e. The Morgan fingerprint density at radius 3 is 2.21 bits per heavy atom. The molecule has 0 aliphatic heterocycles. The lowest BCUT2D eigenvalue weighted by Gasteiger charge is -2.19. The van der Waals surface area contributed by atoms with E-state index in [0.717, 1.165) is 51.4 Å². The molecule has 2 aromatic heterocycles. The molecule has 0 bridgehead atoms. The van der Waals surface area contributed by atoms with Gasteiger partial charge in [-0.15, -0.1) is 22.7 Å². The Kier molecular flexibility index (Phi) is 5.17. The van der Waals surface area contributed by atoms with Crippen LogP contribution in [-0.2, 0) is 6.42 Å². The molecule has 164 valence electrons. The highest BCUT2D eigenvalue weighted by molar-refractivity contribution is 7.16. The summed E-state index contributed by atoms with van der Waals surface area (Å²) in [5.41, 5.74) is 10.7. The van der Waals surface area contributed by atoms with E-state index in [2.05, 4.69) is 50.2 Å². The fraction of sp³-hybridized carbons (Fsp3) is 0.207. The zero-order chi connectivity index (χ0) is 22.7. The Morgan fingerprint density at radius 2 is 1.45 bits per heavy atom. The first-order valence-corrected chi connectivity index (χ1v) is 13.4. The van der Waals surface area contributed by atoms with E-state index in [1.807, 2.05) is 29.5 Å². The van der Waals surface area contributed by atoms with E-state index in [-0.39, 0.29) is 5.78 Å². The van der Waals surface area contributed by atoms with Gasteiger partial charge in [0.25, 0.3) is 0 Å². The maximum Gasteiger partial charge on any atom is 0.193 e. The van der Waals surface area contributed by atoms with Gasteiger partial charge in [0.15, 0.2) is 5.78 Å². The Balaban J connectivity index is 1.41. The molecule has 0 unspecified atom stereocenters. The van der Waals surface area contributed by atoms with Crippen LogP contribution in [0.1, 0.15) is 67.2 Å². The van der Waals surface area contributed by atoms with Crippen LogP contribution in [-0.4, -0.2) is 5.78 Å². The van der Waals surface area contributed by atoms with Gasteiger partial charge in [-0.2, -0.15) is 0 Å². The second kappa shape index (κ2) is 8.09. The van der Waals surface area contributed by atoms with E-state index < -0.39 is 0 Å². The van der Waals surface area contributed by atoms with E-state index >= 15 is 0 Å². The van der Waals surface area contributed by atoms with Crippen molar-refractivity contribution in [2.45, 2.75) is 39.5 Å². The molecule has 0 N–H and O–H groups in total. The maximum absolute atomic E-state index is 13.2. The fourth-order valence-corrected chi connectivity index (χ4v) is 7.61. The summed E-state index contributed by atoms with van der Waals surface area (Å²) in [6, 6.07) is 18.9. The molecular weight excluding hydrogens is 464 g/mol. The van der Waals surface area contributed by atoms with Gasteiger partial charge in [-0.3, -0.25) is 4.79 Å². The van der Waals surface area contributed by atoms with Crippen LogP contribution in [0, 0.1) is 13.8 Å². The molecular formula is C29H23ClOS2. The minimum atomic E-state index is 0.146. The lowest BCUT2D eigenvalue weighted by Crippen LogP contribution is -2.14. The zero-order valence-corrected chi connectivity index (χ0v) is 21.0. The Hall–Kier alpha value is -2.46. The van der Waals surface area contributed by atoms with E-state index in [1.54, 1.807) is 11.3 Å². The van der Waals surface area contributed by atoms with Crippen LogP contribution in [0.4, 0.5) is 0 Å². The molecule has 2 aliphatic rings. The van der Waals surface area contributed by atoms with Gasteiger partial charge in [-0.25, -0.2) is 0 Å². The van der Waals surface area contributed by atoms with Crippen LogP contribution in [0.5, 0.6) is 0 Å². The third-order valence-electron chi connectivity index (χ3n) is 6.96. The number of thiophene rings is 2. The first-order valence-electron chi connectivity index (χ1n) is 11.3. The largest absolute Gasteiger partial charge is 0.289 e. The third kappa shape index (κ3) is 3.54. The fourth-order valence-electron chi connectivity index (χ4n) is 5.35. The molecule has 4 aromatic rings. The number of ketones is 1.